The normalized spacial score (nSPS) is 6.44. The number of nitrogens with one attached hydrogen (secondary N) is 1. The molecule has 0 aromatic heterocycles. The Balaban J connectivity index is 0. The van der Waals surface area contributed by atoms with E-state index < -0.39 is 0 Å². The van der Waals surface area contributed by atoms with Crippen LogP contribution in [0.5, 0.6) is 0 Å². The Labute approximate surface area is 54.4 Å². The molecule has 0 saturated heterocycles. The molecule has 9 heavy (non-hydrogen) atoms. The molecule has 0 rings (SSSR count). The molecule has 2 amide bonds. The average molecular weight is 132 g/mol. The van der Waals surface area contributed by atoms with Crippen LogP contribution in [-0.4, -0.2) is 19.4 Å². The summed E-state index contributed by atoms with van der Waals surface area (Å²) in [4.78, 5) is 18.7. The van der Waals surface area contributed by atoms with E-state index in [9.17, 15) is 4.79 Å². The molecule has 54 valence electrons. The van der Waals surface area contributed by atoms with Gasteiger partial charge in [0.25, 0.3) is 0 Å². The molecule has 3 N–H and O–H groups in total. The smallest absolute Gasteiger partial charge is 0.219 e. The van der Waals surface area contributed by atoms with Crippen molar-refractivity contribution >= 4 is 12.3 Å². The molecule has 0 aliphatic rings. The van der Waals surface area contributed by atoms with Crippen LogP contribution in [0, 0.1) is 0 Å². The fraction of sp³-hybridized carbons (Fsp3) is 0.600. The number of amides is 2. The Hall–Kier alpha value is -1.06. The van der Waals surface area contributed by atoms with Crippen molar-refractivity contribution in [2.24, 2.45) is 5.73 Å². The maximum Gasteiger partial charge on any atom is 0.219 e. The zero-order valence-corrected chi connectivity index (χ0v) is 5.68. The Kier molecular flexibility index (Phi) is 12.1. The summed E-state index contributed by atoms with van der Waals surface area (Å²) in [6.07, 6.45) is 0.830. The quantitative estimate of drug-likeness (QED) is 0.460. The van der Waals surface area contributed by atoms with Crippen molar-refractivity contribution in [3.05, 3.63) is 0 Å². The van der Waals surface area contributed by atoms with Crippen molar-refractivity contribution in [1.29, 1.82) is 0 Å². The van der Waals surface area contributed by atoms with Gasteiger partial charge in [0.15, 0.2) is 0 Å². The van der Waals surface area contributed by atoms with Crippen molar-refractivity contribution in [2.75, 3.05) is 7.05 Å². The lowest BCUT2D eigenvalue weighted by molar-refractivity contribution is -0.120. The topological polar surface area (TPSA) is 72.2 Å². The van der Waals surface area contributed by atoms with Gasteiger partial charge in [-0.2, -0.15) is 0 Å². The summed E-state index contributed by atoms with van der Waals surface area (Å²) < 4.78 is 0. The zero-order chi connectivity index (χ0) is 7.70. The molecule has 4 heteroatoms. The summed E-state index contributed by atoms with van der Waals surface area (Å²) in [6, 6.07) is 0. The van der Waals surface area contributed by atoms with Crippen molar-refractivity contribution in [3.63, 3.8) is 0 Å². The molecular formula is C5H12N2O2. The molecular weight excluding hydrogens is 120 g/mol. The van der Waals surface area contributed by atoms with Gasteiger partial charge in [-0.25, -0.2) is 0 Å². The third kappa shape index (κ3) is 19.6. The first-order chi connectivity index (χ1) is 4.22. The first-order valence-electron chi connectivity index (χ1n) is 2.58. The highest BCUT2D eigenvalue weighted by molar-refractivity contribution is 5.74. The van der Waals surface area contributed by atoms with Gasteiger partial charge in [0, 0.05) is 13.5 Å². The van der Waals surface area contributed by atoms with Crippen molar-refractivity contribution in [1.82, 2.24) is 5.32 Å². The number of rotatable bonds is 1. The molecule has 0 aromatic rings. The molecule has 0 aliphatic carbocycles. The fourth-order valence-corrected chi connectivity index (χ4v) is 0.177. The van der Waals surface area contributed by atoms with Crippen LogP contribution in [0.1, 0.15) is 13.3 Å². The third-order valence-corrected chi connectivity index (χ3v) is 0.600. The highest BCUT2D eigenvalue weighted by Crippen LogP contribution is 1.68. The summed E-state index contributed by atoms with van der Waals surface area (Å²) >= 11 is 0. The Morgan fingerprint density at radius 2 is 2.11 bits per heavy atom. The van der Waals surface area contributed by atoms with Crippen molar-refractivity contribution < 1.29 is 9.59 Å². The number of primary amides is 1. The Morgan fingerprint density at radius 1 is 1.78 bits per heavy atom. The molecule has 0 saturated carbocycles. The van der Waals surface area contributed by atoms with Gasteiger partial charge in [-0.3, -0.25) is 9.59 Å². The van der Waals surface area contributed by atoms with Crippen LogP contribution < -0.4 is 11.1 Å². The van der Waals surface area contributed by atoms with E-state index in [1.807, 2.05) is 6.92 Å². The van der Waals surface area contributed by atoms with E-state index in [0.717, 1.165) is 0 Å². The highest BCUT2D eigenvalue weighted by Gasteiger charge is 1.84. The molecule has 0 heterocycles. The van der Waals surface area contributed by atoms with E-state index in [-0.39, 0.29) is 12.3 Å². The minimum atomic E-state index is 0.0926. The molecule has 0 spiro atoms. The summed E-state index contributed by atoms with van der Waals surface area (Å²) in [5.74, 6) is 0.0926. The lowest BCUT2D eigenvalue weighted by atomic mass is 10.5. The fourth-order valence-electron chi connectivity index (χ4n) is 0.177. The average Bonchev–Trinajstić information content (AvgIpc) is 1.88. The van der Waals surface area contributed by atoms with E-state index >= 15 is 0 Å². The van der Waals surface area contributed by atoms with Gasteiger partial charge < -0.3 is 11.1 Å². The maximum atomic E-state index is 10.1. The zero-order valence-electron chi connectivity index (χ0n) is 5.68. The van der Waals surface area contributed by atoms with Crippen LogP contribution in [0.25, 0.3) is 0 Å². The van der Waals surface area contributed by atoms with Crippen molar-refractivity contribution in [2.45, 2.75) is 13.3 Å². The molecule has 4 nitrogen and oxygen atoms in total. The Bertz CT molecular complexity index is 77.0. The summed E-state index contributed by atoms with van der Waals surface area (Å²) in [5, 5.41) is 2.48. The minimum Gasteiger partial charge on any atom is -0.372 e. The van der Waals surface area contributed by atoms with Crippen LogP contribution in [-0.2, 0) is 9.59 Å². The standard InChI is InChI=1S/C4H9NO.CH3NO/c1-3-4(6)5-2;2-1-3/h3H2,1-2H3,(H,5,6);1H,(H2,2,3). The van der Waals surface area contributed by atoms with Crippen LogP contribution >= 0.6 is 0 Å². The van der Waals surface area contributed by atoms with Gasteiger partial charge in [-0.1, -0.05) is 6.92 Å². The van der Waals surface area contributed by atoms with Crippen molar-refractivity contribution in [3.8, 4) is 0 Å². The summed E-state index contributed by atoms with van der Waals surface area (Å²) in [6.45, 7) is 1.82. The van der Waals surface area contributed by atoms with Gasteiger partial charge in [0.2, 0.25) is 12.3 Å². The van der Waals surface area contributed by atoms with Gasteiger partial charge in [-0.15, -0.1) is 0 Å². The van der Waals surface area contributed by atoms with Gasteiger partial charge in [0.05, 0.1) is 0 Å². The second-order valence-corrected chi connectivity index (χ2v) is 1.16. The number of nitrogens with two attached hydrogens (primary N) is 1. The molecule has 0 fully saturated rings. The molecule has 0 aliphatic heterocycles. The second-order valence-electron chi connectivity index (χ2n) is 1.16. The van der Waals surface area contributed by atoms with Gasteiger partial charge in [-0.05, 0) is 0 Å². The lowest BCUT2D eigenvalue weighted by Crippen LogP contribution is -2.15. The van der Waals surface area contributed by atoms with E-state index in [4.69, 9.17) is 4.79 Å². The minimum absolute atomic E-state index is 0.0926. The van der Waals surface area contributed by atoms with Crippen LogP contribution in [0.15, 0.2) is 0 Å². The van der Waals surface area contributed by atoms with Gasteiger partial charge >= 0.3 is 0 Å². The SMILES string of the molecule is CCC(=O)NC.NC=O. The number of carbonyl (C=O) groups excluding carboxylic acids is 2. The first kappa shape index (κ1) is 10.8. The molecule has 0 aromatic carbocycles. The molecule has 0 bridgehead atoms. The second kappa shape index (κ2) is 10.0. The van der Waals surface area contributed by atoms with Crippen LogP contribution in [0.2, 0.25) is 0 Å². The Morgan fingerprint density at radius 3 is 2.11 bits per heavy atom. The summed E-state index contributed by atoms with van der Waals surface area (Å²) in [7, 11) is 1.63. The highest BCUT2D eigenvalue weighted by atomic mass is 16.1. The van der Waals surface area contributed by atoms with Gasteiger partial charge in [0.1, 0.15) is 0 Å². The maximum absolute atomic E-state index is 10.1. The lowest BCUT2D eigenvalue weighted by Gasteiger charge is -1.87. The molecule has 0 atom stereocenters. The molecule has 0 radical (unpaired) electrons. The number of hydrogen-bond donors (Lipinski definition) is 2. The predicted octanol–water partition coefficient (Wildman–Crippen LogP) is -0.756. The number of carbonyl (C=O) groups is 2. The van der Waals surface area contributed by atoms with E-state index in [1.165, 1.54) is 0 Å². The first-order valence-corrected chi connectivity index (χ1v) is 2.58. The largest absolute Gasteiger partial charge is 0.372 e. The monoisotopic (exact) mass is 132 g/mol. The predicted molar refractivity (Wildman–Crippen MR) is 34.6 cm³/mol. The van der Waals surface area contributed by atoms with E-state index in [1.54, 1.807) is 7.05 Å². The van der Waals surface area contributed by atoms with Crippen LogP contribution in [0.4, 0.5) is 0 Å². The van der Waals surface area contributed by atoms with E-state index in [2.05, 4.69) is 11.1 Å². The number of hydrogen-bond acceptors (Lipinski definition) is 2. The summed E-state index contributed by atoms with van der Waals surface area (Å²) in [5.41, 5.74) is 4.17. The molecule has 0 unspecified atom stereocenters. The third-order valence-electron chi connectivity index (χ3n) is 0.600. The van der Waals surface area contributed by atoms with E-state index in [0.29, 0.717) is 6.42 Å². The van der Waals surface area contributed by atoms with Crippen LogP contribution in [0.3, 0.4) is 0 Å².